The van der Waals surface area contributed by atoms with Gasteiger partial charge in [0.25, 0.3) is 5.56 Å². The third kappa shape index (κ3) is 3.65. The number of ether oxygens (including phenoxy) is 1. The van der Waals surface area contributed by atoms with E-state index in [2.05, 4.69) is 4.90 Å². The summed E-state index contributed by atoms with van der Waals surface area (Å²) in [6.45, 7) is 2.94. The molecule has 0 aliphatic carbocycles. The lowest BCUT2D eigenvalue weighted by Gasteiger charge is -2.35. The molecule has 0 unspecified atom stereocenters. The van der Waals surface area contributed by atoms with Crippen LogP contribution >= 0.6 is 0 Å². The van der Waals surface area contributed by atoms with E-state index in [0.717, 1.165) is 33.7 Å². The van der Waals surface area contributed by atoms with Gasteiger partial charge >= 0.3 is 5.69 Å². The average molecular weight is 387 g/mol. The van der Waals surface area contributed by atoms with Crippen molar-refractivity contribution in [2.75, 3.05) is 50.5 Å². The summed E-state index contributed by atoms with van der Waals surface area (Å²) in [7, 11) is 4.42. The van der Waals surface area contributed by atoms with E-state index in [0.29, 0.717) is 13.1 Å². The number of benzene rings is 1. The molecule has 0 amide bonds. The van der Waals surface area contributed by atoms with Gasteiger partial charge in [0.2, 0.25) is 0 Å². The van der Waals surface area contributed by atoms with E-state index in [4.69, 9.17) is 10.5 Å². The van der Waals surface area contributed by atoms with Crippen molar-refractivity contribution in [3.63, 3.8) is 0 Å². The van der Waals surface area contributed by atoms with E-state index < -0.39 is 11.2 Å². The van der Waals surface area contributed by atoms with E-state index in [1.54, 1.807) is 7.11 Å². The number of nitrogen functional groups attached to an aromatic ring is 1. The minimum atomic E-state index is -0.652. The third-order valence-corrected chi connectivity index (χ3v) is 5.15. The quantitative estimate of drug-likeness (QED) is 0.702. The number of aromatic nitrogens is 2. The van der Waals surface area contributed by atoms with E-state index in [-0.39, 0.29) is 23.7 Å². The smallest absolute Gasteiger partial charge is 0.332 e. The molecule has 1 aromatic heterocycles. The van der Waals surface area contributed by atoms with Gasteiger partial charge in [-0.25, -0.2) is 4.79 Å². The second-order valence-electron chi connectivity index (χ2n) is 6.85. The fraction of sp³-hybridized carbons (Fsp3) is 0.421. The van der Waals surface area contributed by atoms with Crippen LogP contribution in [0.5, 0.6) is 5.75 Å². The molecule has 0 saturated carbocycles. The Balaban J connectivity index is 1.69. The molecule has 1 saturated heterocycles. The number of hydrogen-bond acceptors (Lipinski definition) is 7. The van der Waals surface area contributed by atoms with Crippen LogP contribution in [0.3, 0.4) is 0 Å². The van der Waals surface area contributed by atoms with Gasteiger partial charge in [-0.3, -0.25) is 23.6 Å². The summed E-state index contributed by atoms with van der Waals surface area (Å²) < 4.78 is 7.30. The van der Waals surface area contributed by atoms with Crippen LogP contribution in [0.25, 0.3) is 0 Å². The zero-order valence-electron chi connectivity index (χ0n) is 16.3. The highest BCUT2D eigenvalue weighted by Crippen LogP contribution is 2.22. The summed E-state index contributed by atoms with van der Waals surface area (Å²) in [5, 5.41) is 0. The number of carbonyl (C=O) groups excluding carboxylic acids is 1. The molecule has 9 heteroatoms. The average Bonchev–Trinajstić information content (AvgIpc) is 2.71. The normalized spacial score (nSPS) is 14.9. The lowest BCUT2D eigenvalue weighted by molar-refractivity contribution is 0.0924. The maximum atomic E-state index is 12.7. The molecule has 3 rings (SSSR count). The molecule has 0 spiro atoms. The number of Topliss-reactive ketones (excluding diaryl/α,β-unsaturated/α-hetero) is 1. The minimum absolute atomic E-state index is 0.0869. The number of carbonyl (C=O) groups is 1. The summed E-state index contributed by atoms with van der Waals surface area (Å²) in [4.78, 5) is 41.2. The Kier molecular flexibility index (Phi) is 5.55. The Morgan fingerprint density at radius 2 is 1.79 bits per heavy atom. The van der Waals surface area contributed by atoms with Gasteiger partial charge < -0.3 is 15.4 Å². The van der Waals surface area contributed by atoms with Gasteiger partial charge in [0.1, 0.15) is 17.1 Å². The topological polar surface area (TPSA) is 103 Å². The summed E-state index contributed by atoms with van der Waals surface area (Å²) in [5.74, 6) is 0.341. The molecule has 1 fully saturated rings. The first-order valence-electron chi connectivity index (χ1n) is 9.03. The van der Waals surface area contributed by atoms with Crippen molar-refractivity contribution in [1.82, 2.24) is 14.0 Å². The molecule has 2 N–H and O–H groups in total. The van der Waals surface area contributed by atoms with Crippen LogP contribution in [0.2, 0.25) is 0 Å². The maximum absolute atomic E-state index is 12.7. The highest BCUT2D eigenvalue weighted by Gasteiger charge is 2.24. The van der Waals surface area contributed by atoms with Crippen molar-refractivity contribution < 1.29 is 9.53 Å². The van der Waals surface area contributed by atoms with Crippen LogP contribution in [-0.4, -0.2) is 59.7 Å². The Morgan fingerprint density at radius 3 is 2.43 bits per heavy atom. The molecule has 0 bridgehead atoms. The zero-order chi connectivity index (χ0) is 20.4. The van der Waals surface area contributed by atoms with Crippen LogP contribution in [0.15, 0.2) is 33.9 Å². The molecule has 1 aliphatic rings. The van der Waals surface area contributed by atoms with Crippen molar-refractivity contribution in [2.45, 2.75) is 0 Å². The van der Waals surface area contributed by atoms with Crippen molar-refractivity contribution in [3.8, 4) is 5.75 Å². The van der Waals surface area contributed by atoms with Gasteiger partial charge in [-0.05, 0) is 12.1 Å². The van der Waals surface area contributed by atoms with Crippen molar-refractivity contribution in [3.05, 3.63) is 50.7 Å². The first-order valence-corrected chi connectivity index (χ1v) is 9.03. The standard InChI is InChI=1S/C19H25N5O4/c1-21-17(20)16(18(26)22(2)19(21)27)15(25)12-23-7-9-24(10-8-23)13-5-4-6-14(11-13)28-3/h4-6,11H,7-10,12,20H2,1-3H3. The predicted molar refractivity (Wildman–Crippen MR) is 107 cm³/mol. The Bertz CT molecular complexity index is 1000. The second kappa shape index (κ2) is 7.89. The van der Waals surface area contributed by atoms with Gasteiger partial charge in [0.05, 0.1) is 13.7 Å². The third-order valence-electron chi connectivity index (χ3n) is 5.15. The first-order chi connectivity index (χ1) is 13.3. The van der Waals surface area contributed by atoms with E-state index in [9.17, 15) is 14.4 Å². The first kappa shape index (κ1) is 19.7. The van der Waals surface area contributed by atoms with Crippen molar-refractivity contribution in [2.24, 2.45) is 14.1 Å². The summed E-state index contributed by atoms with van der Waals surface area (Å²) in [6, 6.07) is 7.85. The highest BCUT2D eigenvalue weighted by atomic mass is 16.5. The second-order valence-corrected chi connectivity index (χ2v) is 6.85. The maximum Gasteiger partial charge on any atom is 0.332 e. The highest BCUT2D eigenvalue weighted by molar-refractivity contribution is 6.01. The number of nitrogens with zero attached hydrogens (tertiary/aromatic N) is 4. The molecule has 0 atom stereocenters. The monoisotopic (exact) mass is 387 g/mol. The number of anilines is 2. The number of piperazine rings is 1. The molecular weight excluding hydrogens is 362 g/mol. The van der Waals surface area contributed by atoms with Crippen molar-refractivity contribution >= 4 is 17.3 Å². The summed E-state index contributed by atoms with van der Waals surface area (Å²) in [5.41, 5.74) is 5.62. The molecular formula is C19H25N5O4. The Morgan fingerprint density at radius 1 is 1.11 bits per heavy atom. The van der Waals surface area contributed by atoms with Crippen LogP contribution in [0.1, 0.15) is 10.4 Å². The number of rotatable bonds is 5. The van der Waals surface area contributed by atoms with Crippen LogP contribution in [0.4, 0.5) is 11.5 Å². The molecule has 2 aromatic rings. The number of methoxy groups -OCH3 is 1. The molecule has 150 valence electrons. The van der Waals surface area contributed by atoms with Crippen LogP contribution < -0.4 is 26.6 Å². The molecule has 2 heterocycles. The van der Waals surface area contributed by atoms with Gasteiger partial charge in [0, 0.05) is 52.0 Å². The van der Waals surface area contributed by atoms with Crippen LogP contribution in [-0.2, 0) is 14.1 Å². The van der Waals surface area contributed by atoms with Gasteiger partial charge in [-0.2, -0.15) is 0 Å². The zero-order valence-corrected chi connectivity index (χ0v) is 16.3. The van der Waals surface area contributed by atoms with Gasteiger partial charge in [-0.15, -0.1) is 0 Å². The van der Waals surface area contributed by atoms with E-state index >= 15 is 0 Å². The number of hydrogen-bond donors (Lipinski definition) is 1. The SMILES string of the molecule is COc1cccc(N2CCN(CC(=O)c3c(N)n(C)c(=O)n(C)c3=O)CC2)c1. The number of ketones is 1. The lowest BCUT2D eigenvalue weighted by Crippen LogP contribution is -2.49. The fourth-order valence-electron chi connectivity index (χ4n) is 3.38. The Labute approximate surface area is 162 Å². The predicted octanol–water partition coefficient (Wildman–Crippen LogP) is -0.320. The minimum Gasteiger partial charge on any atom is -0.497 e. The van der Waals surface area contributed by atoms with Gasteiger partial charge in [0.15, 0.2) is 5.78 Å². The number of nitrogens with two attached hydrogens (primary N) is 1. The Hall–Kier alpha value is -3.07. The molecule has 0 radical (unpaired) electrons. The molecule has 28 heavy (non-hydrogen) atoms. The molecule has 1 aliphatic heterocycles. The van der Waals surface area contributed by atoms with E-state index in [1.807, 2.05) is 29.2 Å². The summed E-state index contributed by atoms with van der Waals surface area (Å²) >= 11 is 0. The molecule has 1 aromatic carbocycles. The fourth-order valence-corrected chi connectivity index (χ4v) is 3.38. The lowest BCUT2D eigenvalue weighted by atomic mass is 10.1. The molecule has 9 nitrogen and oxygen atoms in total. The van der Waals surface area contributed by atoms with E-state index in [1.165, 1.54) is 14.1 Å². The largest absolute Gasteiger partial charge is 0.497 e. The van der Waals surface area contributed by atoms with Crippen LogP contribution in [0, 0.1) is 0 Å². The van der Waals surface area contributed by atoms with Crippen molar-refractivity contribution in [1.29, 1.82) is 0 Å². The van der Waals surface area contributed by atoms with Gasteiger partial charge in [-0.1, -0.05) is 6.07 Å². The summed E-state index contributed by atoms with van der Waals surface area (Å²) in [6.07, 6.45) is 0.